The summed E-state index contributed by atoms with van der Waals surface area (Å²) in [6.45, 7) is 4.32. The maximum atomic E-state index is 5.36. The smallest absolute Gasteiger partial charge is 0.151 e. The van der Waals surface area contributed by atoms with Crippen LogP contribution in [0.2, 0.25) is 0 Å². The third kappa shape index (κ3) is 2.27. The fourth-order valence-electron chi connectivity index (χ4n) is 2.83. The Balaban J connectivity index is 1.91. The second-order valence-corrected chi connectivity index (χ2v) is 5.24. The van der Waals surface area contributed by atoms with Crippen molar-refractivity contribution in [1.82, 2.24) is 20.0 Å². The Morgan fingerprint density at radius 3 is 2.90 bits per heavy atom. The van der Waals surface area contributed by atoms with Crippen molar-refractivity contribution in [3.63, 3.8) is 0 Å². The van der Waals surface area contributed by atoms with Gasteiger partial charge in [0.2, 0.25) is 0 Å². The highest BCUT2D eigenvalue weighted by Gasteiger charge is 2.29. The molecule has 0 saturated heterocycles. The Morgan fingerprint density at radius 2 is 2.20 bits per heavy atom. The average molecular weight is 273 g/mol. The van der Waals surface area contributed by atoms with Crippen LogP contribution in [0.1, 0.15) is 22.9 Å². The lowest BCUT2D eigenvalue weighted by molar-refractivity contribution is 0.175. The van der Waals surface area contributed by atoms with Crippen molar-refractivity contribution in [2.45, 2.75) is 19.4 Å². The summed E-state index contributed by atoms with van der Waals surface area (Å²) in [6.07, 6.45) is 1.94. The van der Waals surface area contributed by atoms with Gasteiger partial charge in [-0.1, -0.05) is 0 Å². The zero-order chi connectivity index (χ0) is 14.1. The SMILES string of the molecule is COC[C@@H]1CN(c2ccc(C)nn2)Cc2cnn(C)c21. The number of aromatic nitrogens is 4. The predicted octanol–water partition coefficient (Wildman–Crippen LogP) is 1.27. The van der Waals surface area contributed by atoms with Crippen molar-refractivity contribution < 1.29 is 4.74 Å². The van der Waals surface area contributed by atoms with Gasteiger partial charge in [0.1, 0.15) is 0 Å². The lowest BCUT2D eigenvalue weighted by Gasteiger charge is -2.33. The van der Waals surface area contributed by atoms with Gasteiger partial charge < -0.3 is 9.64 Å². The molecular weight excluding hydrogens is 254 g/mol. The predicted molar refractivity (Wildman–Crippen MR) is 75.6 cm³/mol. The molecule has 1 atom stereocenters. The minimum atomic E-state index is 0.305. The quantitative estimate of drug-likeness (QED) is 0.843. The van der Waals surface area contributed by atoms with Crippen LogP contribution in [-0.2, 0) is 18.3 Å². The lowest BCUT2D eigenvalue weighted by atomic mass is 9.97. The van der Waals surface area contributed by atoms with Gasteiger partial charge >= 0.3 is 0 Å². The number of nitrogens with zero attached hydrogens (tertiary/aromatic N) is 5. The van der Waals surface area contributed by atoms with Crippen LogP contribution in [0.3, 0.4) is 0 Å². The Bertz CT molecular complexity index is 592. The molecule has 2 aromatic heterocycles. The van der Waals surface area contributed by atoms with Gasteiger partial charge in [-0.2, -0.15) is 10.2 Å². The molecule has 0 radical (unpaired) electrons. The number of methoxy groups -OCH3 is 1. The topological polar surface area (TPSA) is 56.1 Å². The second kappa shape index (κ2) is 5.20. The summed E-state index contributed by atoms with van der Waals surface area (Å²) in [5.41, 5.74) is 3.44. The van der Waals surface area contributed by atoms with E-state index in [1.165, 1.54) is 11.3 Å². The van der Waals surface area contributed by atoms with Crippen molar-refractivity contribution in [1.29, 1.82) is 0 Å². The second-order valence-electron chi connectivity index (χ2n) is 5.24. The van der Waals surface area contributed by atoms with E-state index in [0.717, 1.165) is 24.6 Å². The third-order valence-corrected chi connectivity index (χ3v) is 3.73. The Kier molecular flexibility index (Phi) is 3.40. The first kappa shape index (κ1) is 13.1. The molecular formula is C14H19N5O. The molecule has 0 aliphatic carbocycles. The maximum Gasteiger partial charge on any atom is 0.151 e. The van der Waals surface area contributed by atoms with E-state index in [1.807, 2.05) is 37.0 Å². The highest BCUT2D eigenvalue weighted by Crippen LogP contribution is 2.30. The molecule has 2 aromatic rings. The monoisotopic (exact) mass is 273 g/mol. The molecule has 0 fully saturated rings. The van der Waals surface area contributed by atoms with E-state index in [2.05, 4.69) is 20.2 Å². The van der Waals surface area contributed by atoms with Crippen molar-refractivity contribution in [3.8, 4) is 0 Å². The zero-order valence-electron chi connectivity index (χ0n) is 12.1. The molecule has 0 unspecified atom stereocenters. The van der Waals surface area contributed by atoms with Crippen LogP contribution in [-0.4, -0.2) is 40.2 Å². The normalized spacial score (nSPS) is 18.1. The van der Waals surface area contributed by atoms with Gasteiger partial charge in [0.05, 0.1) is 24.2 Å². The third-order valence-electron chi connectivity index (χ3n) is 3.73. The first-order valence-electron chi connectivity index (χ1n) is 6.74. The molecule has 106 valence electrons. The molecule has 0 amide bonds. The Labute approximate surface area is 118 Å². The van der Waals surface area contributed by atoms with E-state index >= 15 is 0 Å². The van der Waals surface area contributed by atoms with Crippen LogP contribution in [0, 0.1) is 6.92 Å². The highest BCUT2D eigenvalue weighted by atomic mass is 16.5. The largest absolute Gasteiger partial charge is 0.384 e. The molecule has 0 aromatic carbocycles. The van der Waals surface area contributed by atoms with Gasteiger partial charge in [-0.05, 0) is 19.1 Å². The Hall–Kier alpha value is -1.95. The first-order chi connectivity index (χ1) is 9.69. The van der Waals surface area contributed by atoms with Crippen molar-refractivity contribution >= 4 is 5.82 Å². The Morgan fingerprint density at radius 1 is 1.35 bits per heavy atom. The number of rotatable bonds is 3. The van der Waals surface area contributed by atoms with Crippen molar-refractivity contribution in [3.05, 3.63) is 35.3 Å². The van der Waals surface area contributed by atoms with Gasteiger partial charge in [0.25, 0.3) is 0 Å². The molecule has 0 saturated carbocycles. The van der Waals surface area contributed by atoms with Crippen LogP contribution in [0.5, 0.6) is 0 Å². The van der Waals surface area contributed by atoms with E-state index in [0.29, 0.717) is 12.5 Å². The van der Waals surface area contributed by atoms with Crippen LogP contribution < -0.4 is 4.90 Å². The maximum absolute atomic E-state index is 5.36. The van der Waals surface area contributed by atoms with Crippen molar-refractivity contribution in [2.24, 2.45) is 7.05 Å². The summed E-state index contributed by atoms with van der Waals surface area (Å²) in [5.74, 6) is 1.21. The fourth-order valence-corrected chi connectivity index (χ4v) is 2.83. The van der Waals surface area contributed by atoms with Crippen LogP contribution in [0.4, 0.5) is 5.82 Å². The molecule has 0 bridgehead atoms. The minimum absolute atomic E-state index is 0.305. The van der Waals surface area contributed by atoms with Crippen LogP contribution >= 0.6 is 0 Å². The minimum Gasteiger partial charge on any atom is -0.384 e. The van der Waals surface area contributed by atoms with Gasteiger partial charge in [0.15, 0.2) is 5.82 Å². The number of aryl methyl sites for hydroxylation is 2. The van der Waals surface area contributed by atoms with E-state index in [1.54, 1.807) is 7.11 Å². The highest BCUT2D eigenvalue weighted by molar-refractivity contribution is 5.43. The van der Waals surface area contributed by atoms with Gasteiger partial charge in [-0.3, -0.25) is 4.68 Å². The standard InChI is InChI=1S/C14H19N5O/c1-10-4-5-13(17-16-10)19-7-11-6-15-18(2)14(11)12(8-19)9-20-3/h4-6,12H,7-9H2,1-3H3/t12-/m0/s1. The van der Waals surface area contributed by atoms with E-state index in [4.69, 9.17) is 4.74 Å². The summed E-state index contributed by atoms with van der Waals surface area (Å²) < 4.78 is 7.32. The van der Waals surface area contributed by atoms with E-state index in [9.17, 15) is 0 Å². The number of hydrogen-bond donors (Lipinski definition) is 0. The molecule has 3 rings (SSSR count). The van der Waals surface area contributed by atoms with Gasteiger partial charge in [0, 0.05) is 38.7 Å². The van der Waals surface area contributed by atoms with E-state index in [-0.39, 0.29) is 0 Å². The molecule has 6 nitrogen and oxygen atoms in total. The van der Waals surface area contributed by atoms with Gasteiger partial charge in [-0.25, -0.2) is 0 Å². The number of anilines is 1. The van der Waals surface area contributed by atoms with Crippen LogP contribution in [0.25, 0.3) is 0 Å². The zero-order valence-corrected chi connectivity index (χ0v) is 12.1. The number of fused-ring (bicyclic) bond motifs is 1. The summed E-state index contributed by atoms with van der Waals surface area (Å²) in [7, 11) is 3.73. The fraction of sp³-hybridized carbons (Fsp3) is 0.500. The van der Waals surface area contributed by atoms with Crippen molar-refractivity contribution in [2.75, 3.05) is 25.2 Å². The number of hydrogen-bond acceptors (Lipinski definition) is 5. The molecule has 6 heteroatoms. The summed E-state index contributed by atoms with van der Waals surface area (Å²) >= 11 is 0. The molecule has 1 aliphatic heterocycles. The summed E-state index contributed by atoms with van der Waals surface area (Å²) in [4.78, 5) is 2.24. The van der Waals surface area contributed by atoms with Crippen LogP contribution in [0.15, 0.2) is 18.3 Å². The lowest BCUT2D eigenvalue weighted by Crippen LogP contribution is -2.36. The van der Waals surface area contributed by atoms with Gasteiger partial charge in [-0.15, -0.1) is 5.10 Å². The summed E-state index contributed by atoms with van der Waals surface area (Å²) in [5, 5.41) is 12.8. The molecule has 0 spiro atoms. The molecule has 3 heterocycles. The molecule has 1 aliphatic rings. The molecule has 20 heavy (non-hydrogen) atoms. The average Bonchev–Trinajstić information content (AvgIpc) is 2.82. The number of ether oxygens (including phenoxy) is 1. The van der Waals surface area contributed by atoms with E-state index < -0.39 is 0 Å². The molecule has 0 N–H and O–H groups in total. The first-order valence-corrected chi connectivity index (χ1v) is 6.74. The summed E-state index contributed by atoms with van der Waals surface area (Å²) in [6, 6.07) is 4.01.